The molecule has 1 rings (SSSR count). The second-order valence-corrected chi connectivity index (χ2v) is 8.83. The van der Waals surface area contributed by atoms with Crippen LogP contribution >= 0.6 is 0 Å². The molecule has 0 spiro atoms. The monoisotopic (exact) mass is 304 g/mol. The second kappa shape index (κ2) is 6.52. The van der Waals surface area contributed by atoms with Crippen molar-refractivity contribution in [3.05, 3.63) is 22.8 Å². The molecule has 0 aromatic heterocycles. The van der Waals surface area contributed by atoms with Crippen LogP contribution in [0.1, 0.15) is 84.9 Å². The third-order valence-corrected chi connectivity index (χ3v) is 4.65. The largest absolute Gasteiger partial charge is 0.398 e. The Morgan fingerprint density at radius 2 is 1.55 bits per heavy atom. The summed E-state index contributed by atoms with van der Waals surface area (Å²) in [6.07, 6.45) is 3.39. The Balaban J connectivity index is 3.47. The van der Waals surface area contributed by atoms with Crippen molar-refractivity contribution in [2.45, 2.75) is 85.5 Å². The van der Waals surface area contributed by atoms with Gasteiger partial charge < -0.3 is 11.5 Å². The van der Waals surface area contributed by atoms with Crippen LogP contribution in [0.3, 0.4) is 0 Å². The van der Waals surface area contributed by atoms with E-state index in [1.165, 1.54) is 23.1 Å². The van der Waals surface area contributed by atoms with Gasteiger partial charge >= 0.3 is 0 Å². The number of benzene rings is 1. The Morgan fingerprint density at radius 1 is 1.00 bits per heavy atom. The summed E-state index contributed by atoms with van der Waals surface area (Å²) < 4.78 is 0. The van der Waals surface area contributed by atoms with Gasteiger partial charge in [-0.1, -0.05) is 61.8 Å². The highest BCUT2D eigenvalue weighted by Gasteiger charge is 2.28. The van der Waals surface area contributed by atoms with Crippen LogP contribution in [0.2, 0.25) is 0 Å². The van der Waals surface area contributed by atoms with Gasteiger partial charge in [0.1, 0.15) is 0 Å². The second-order valence-electron chi connectivity index (χ2n) is 8.83. The van der Waals surface area contributed by atoms with Crippen molar-refractivity contribution >= 4 is 11.4 Å². The summed E-state index contributed by atoms with van der Waals surface area (Å²) in [6.45, 7) is 17.8. The van der Waals surface area contributed by atoms with Gasteiger partial charge in [-0.05, 0) is 52.3 Å². The SMILES string of the molecule is CCC(C)CCc1c(N)cc(C(C)(C)C)c(N)c1C(C)(C)C. The van der Waals surface area contributed by atoms with Crippen molar-refractivity contribution in [2.75, 3.05) is 11.5 Å². The molecule has 0 aliphatic carbocycles. The first-order valence-electron chi connectivity index (χ1n) is 8.61. The molecule has 4 N–H and O–H groups in total. The predicted molar refractivity (Wildman–Crippen MR) is 100 cm³/mol. The third kappa shape index (κ3) is 4.18. The molecule has 0 radical (unpaired) electrons. The fourth-order valence-corrected chi connectivity index (χ4v) is 3.10. The smallest absolute Gasteiger partial charge is 0.0394 e. The standard InChI is InChI=1S/C20H36N2/c1-9-13(2)10-11-14-16(21)12-15(19(3,4)5)18(22)17(14)20(6,7)8/h12-13H,9-11,21-22H2,1-8H3. The third-order valence-electron chi connectivity index (χ3n) is 4.65. The average molecular weight is 305 g/mol. The molecule has 22 heavy (non-hydrogen) atoms. The normalized spacial score (nSPS) is 14.2. The van der Waals surface area contributed by atoms with E-state index >= 15 is 0 Å². The molecule has 2 heteroatoms. The number of nitrogen functional groups attached to an aromatic ring is 2. The number of rotatable bonds is 4. The maximum atomic E-state index is 6.61. The minimum absolute atomic E-state index is 0.00422. The molecule has 0 aliphatic heterocycles. The summed E-state index contributed by atoms with van der Waals surface area (Å²) in [4.78, 5) is 0. The zero-order valence-electron chi connectivity index (χ0n) is 15.9. The van der Waals surface area contributed by atoms with Gasteiger partial charge in [-0.25, -0.2) is 0 Å². The maximum Gasteiger partial charge on any atom is 0.0394 e. The molecule has 0 saturated carbocycles. The quantitative estimate of drug-likeness (QED) is 0.729. The van der Waals surface area contributed by atoms with Gasteiger partial charge in [-0.2, -0.15) is 0 Å². The number of anilines is 2. The maximum absolute atomic E-state index is 6.61. The molecular weight excluding hydrogens is 268 g/mol. The van der Waals surface area contributed by atoms with Gasteiger partial charge in [0.15, 0.2) is 0 Å². The molecule has 0 fully saturated rings. The van der Waals surface area contributed by atoms with Crippen molar-refractivity contribution < 1.29 is 0 Å². The van der Waals surface area contributed by atoms with E-state index in [9.17, 15) is 0 Å². The topological polar surface area (TPSA) is 52.0 Å². The number of hydrogen-bond acceptors (Lipinski definition) is 2. The van der Waals surface area contributed by atoms with Crippen LogP contribution < -0.4 is 11.5 Å². The van der Waals surface area contributed by atoms with E-state index in [2.05, 4.69) is 61.5 Å². The highest BCUT2D eigenvalue weighted by Crippen LogP contribution is 2.41. The van der Waals surface area contributed by atoms with Crippen LogP contribution in [0.25, 0.3) is 0 Å². The summed E-state index contributed by atoms with van der Waals surface area (Å²) in [7, 11) is 0. The van der Waals surface area contributed by atoms with Gasteiger partial charge in [0, 0.05) is 11.4 Å². The summed E-state index contributed by atoms with van der Waals surface area (Å²) in [5, 5.41) is 0. The van der Waals surface area contributed by atoms with Crippen LogP contribution in [0, 0.1) is 5.92 Å². The van der Waals surface area contributed by atoms with E-state index in [-0.39, 0.29) is 10.8 Å². The molecule has 0 bridgehead atoms. The van der Waals surface area contributed by atoms with Crippen LogP contribution in [-0.4, -0.2) is 0 Å². The van der Waals surface area contributed by atoms with Crippen molar-refractivity contribution in [1.82, 2.24) is 0 Å². The van der Waals surface area contributed by atoms with E-state index in [1.807, 2.05) is 0 Å². The van der Waals surface area contributed by atoms with Crippen LogP contribution in [0.4, 0.5) is 11.4 Å². The lowest BCUT2D eigenvalue weighted by molar-refractivity contribution is 0.509. The lowest BCUT2D eigenvalue weighted by Gasteiger charge is -2.32. The van der Waals surface area contributed by atoms with Crippen molar-refractivity contribution in [3.63, 3.8) is 0 Å². The van der Waals surface area contributed by atoms with Gasteiger partial charge in [0.05, 0.1) is 0 Å². The number of hydrogen-bond donors (Lipinski definition) is 2. The molecule has 126 valence electrons. The molecule has 0 saturated heterocycles. The molecule has 1 unspecified atom stereocenters. The Labute approximate surface area is 137 Å². The zero-order chi connectivity index (χ0) is 17.3. The van der Waals surface area contributed by atoms with Gasteiger partial charge in [0.2, 0.25) is 0 Å². The minimum atomic E-state index is 0.00422. The van der Waals surface area contributed by atoms with E-state index in [0.29, 0.717) is 0 Å². The molecule has 1 atom stereocenters. The lowest BCUT2D eigenvalue weighted by Crippen LogP contribution is -2.23. The highest BCUT2D eigenvalue weighted by molar-refractivity contribution is 5.70. The van der Waals surface area contributed by atoms with E-state index in [1.54, 1.807) is 0 Å². The van der Waals surface area contributed by atoms with Crippen molar-refractivity contribution in [1.29, 1.82) is 0 Å². The predicted octanol–water partition coefficient (Wildman–Crippen LogP) is 5.42. The van der Waals surface area contributed by atoms with E-state index in [0.717, 1.165) is 30.1 Å². The minimum Gasteiger partial charge on any atom is -0.398 e. The number of nitrogens with two attached hydrogens (primary N) is 2. The van der Waals surface area contributed by atoms with E-state index < -0.39 is 0 Å². The highest BCUT2D eigenvalue weighted by atomic mass is 14.6. The molecular formula is C20H36N2. The van der Waals surface area contributed by atoms with Crippen LogP contribution in [0.5, 0.6) is 0 Å². The fourth-order valence-electron chi connectivity index (χ4n) is 3.10. The summed E-state index contributed by atoms with van der Waals surface area (Å²) in [5.41, 5.74) is 18.6. The molecule has 2 nitrogen and oxygen atoms in total. The van der Waals surface area contributed by atoms with Crippen molar-refractivity contribution in [2.24, 2.45) is 5.92 Å². The van der Waals surface area contributed by atoms with Crippen molar-refractivity contribution in [3.8, 4) is 0 Å². The lowest BCUT2D eigenvalue weighted by atomic mass is 9.75. The fraction of sp³-hybridized carbons (Fsp3) is 0.700. The van der Waals surface area contributed by atoms with Gasteiger partial charge in [0.25, 0.3) is 0 Å². The Hall–Kier alpha value is -1.18. The van der Waals surface area contributed by atoms with E-state index in [4.69, 9.17) is 11.5 Å². The first-order chi connectivity index (χ1) is 9.89. The molecule has 0 aliphatic rings. The zero-order valence-corrected chi connectivity index (χ0v) is 15.9. The summed E-state index contributed by atoms with van der Waals surface area (Å²) in [6, 6.07) is 2.11. The molecule has 0 amide bonds. The average Bonchev–Trinajstić information content (AvgIpc) is 2.35. The summed E-state index contributed by atoms with van der Waals surface area (Å²) >= 11 is 0. The van der Waals surface area contributed by atoms with Crippen LogP contribution in [0.15, 0.2) is 6.07 Å². The van der Waals surface area contributed by atoms with Gasteiger partial charge in [-0.3, -0.25) is 0 Å². The molecule has 1 aromatic carbocycles. The Kier molecular flexibility index (Phi) is 5.59. The first kappa shape index (κ1) is 18.9. The molecule has 0 heterocycles. The Morgan fingerprint density at radius 3 is 1.95 bits per heavy atom. The van der Waals surface area contributed by atoms with Crippen LogP contribution in [-0.2, 0) is 17.3 Å². The first-order valence-corrected chi connectivity index (χ1v) is 8.61. The summed E-state index contributed by atoms with van der Waals surface area (Å²) in [5.74, 6) is 0.718. The molecule has 1 aromatic rings. The Bertz CT molecular complexity index is 516. The van der Waals surface area contributed by atoms with Gasteiger partial charge in [-0.15, -0.1) is 0 Å².